The number of nitrogens with zero attached hydrogens (tertiary/aromatic N) is 3. The molecule has 0 bridgehead atoms. The van der Waals surface area contributed by atoms with Crippen LogP contribution in [0, 0.1) is 11.3 Å². The number of rotatable bonds is 3. The second-order valence-electron chi connectivity index (χ2n) is 3.91. The Morgan fingerprint density at radius 3 is 2.88 bits per heavy atom. The zero-order valence-electron chi connectivity index (χ0n) is 9.02. The Morgan fingerprint density at radius 2 is 2.25 bits per heavy atom. The van der Waals surface area contributed by atoms with Gasteiger partial charge in [0.1, 0.15) is 23.3 Å². The lowest BCUT2D eigenvalue weighted by molar-refractivity contribution is 0.886. The molecule has 16 heavy (non-hydrogen) atoms. The number of hydrogen-bond donors (Lipinski definition) is 1. The molecule has 4 nitrogen and oxygen atoms in total. The average Bonchev–Trinajstić information content (AvgIpc) is 2.79. The highest BCUT2D eigenvalue weighted by Crippen LogP contribution is 2.30. The molecule has 5 heteroatoms. The summed E-state index contributed by atoms with van der Waals surface area (Å²) >= 11 is 1.90. The minimum atomic E-state index is 0.291. The number of hydrogen-bond acceptors (Lipinski definition) is 5. The van der Waals surface area contributed by atoms with E-state index in [1.54, 1.807) is 0 Å². The molecule has 2 rings (SSSR count). The van der Waals surface area contributed by atoms with Gasteiger partial charge in [0, 0.05) is 5.25 Å². The third-order valence-corrected chi connectivity index (χ3v) is 4.11. The van der Waals surface area contributed by atoms with Gasteiger partial charge in [-0.3, -0.25) is 0 Å². The fraction of sp³-hybridized carbons (Fsp3) is 0.545. The SMILES string of the molecule is N#Cc1cnc(CSC2CCCC2)nc1N. The molecule has 1 saturated carbocycles. The molecule has 0 aliphatic heterocycles. The standard InChI is InChI=1S/C11H14N4S/c12-5-8-6-14-10(15-11(8)13)7-16-9-3-1-2-4-9/h6,9H,1-4,7H2,(H2,13,14,15). The van der Waals surface area contributed by atoms with E-state index in [0.29, 0.717) is 11.4 Å². The summed E-state index contributed by atoms with van der Waals surface area (Å²) < 4.78 is 0. The van der Waals surface area contributed by atoms with Gasteiger partial charge >= 0.3 is 0 Å². The maximum Gasteiger partial charge on any atom is 0.145 e. The molecule has 1 aromatic heterocycles. The lowest BCUT2D eigenvalue weighted by Crippen LogP contribution is -2.03. The Kier molecular flexibility index (Phi) is 3.62. The Morgan fingerprint density at radius 1 is 1.50 bits per heavy atom. The molecular formula is C11H14N4S. The highest BCUT2D eigenvalue weighted by molar-refractivity contribution is 7.99. The van der Waals surface area contributed by atoms with Gasteiger partial charge in [-0.2, -0.15) is 17.0 Å². The molecule has 0 spiro atoms. The lowest BCUT2D eigenvalue weighted by atomic mass is 10.3. The summed E-state index contributed by atoms with van der Waals surface area (Å²) in [4.78, 5) is 8.27. The van der Waals surface area contributed by atoms with Crippen LogP contribution >= 0.6 is 11.8 Å². The van der Waals surface area contributed by atoms with E-state index < -0.39 is 0 Å². The van der Waals surface area contributed by atoms with Gasteiger partial charge in [0.05, 0.1) is 11.9 Å². The molecule has 0 aromatic carbocycles. The van der Waals surface area contributed by atoms with Gasteiger partial charge in [0.2, 0.25) is 0 Å². The van der Waals surface area contributed by atoms with Crippen LogP contribution in [0.2, 0.25) is 0 Å². The van der Waals surface area contributed by atoms with Crippen molar-refractivity contribution < 1.29 is 0 Å². The zero-order valence-corrected chi connectivity index (χ0v) is 9.83. The molecule has 1 aliphatic carbocycles. The smallest absolute Gasteiger partial charge is 0.145 e. The Hall–Kier alpha value is -1.28. The molecule has 1 fully saturated rings. The van der Waals surface area contributed by atoms with E-state index in [4.69, 9.17) is 11.0 Å². The van der Waals surface area contributed by atoms with Crippen LogP contribution in [0.5, 0.6) is 0 Å². The van der Waals surface area contributed by atoms with Gasteiger partial charge in [0.15, 0.2) is 0 Å². The summed E-state index contributed by atoms with van der Waals surface area (Å²) in [6.07, 6.45) is 6.79. The summed E-state index contributed by atoms with van der Waals surface area (Å²) in [6, 6.07) is 1.96. The number of nitriles is 1. The molecule has 0 unspecified atom stereocenters. The van der Waals surface area contributed by atoms with Crippen LogP contribution in [0.3, 0.4) is 0 Å². The predicted molar refractivity (Wildman–Crippen MR) is 64.7 cm³/mol. The Bertz CT molecular complexity index is 407. The van der Waals surface area contributed by atoms with Crippen LogP contribution in [0.25, 0.3) is 0 Å². The average molecular weight is 234 g/mol. The number of nitrogens with two attached hydrogens (primary N) is 1. The number of aromatic nitrogens is 2. The first kappa shape index (κ1) is 11.2. The van der Waals surface area contributed by atoms with Crippen molar-refractivity contribution in [2.75, 3.05) is 5.73 Å². The Labute approximate surface area is 99.3 Å². The number of nitrogen functional groups attached to an aromatic ring is 1. The third-order valence-electron chi connectivity index (χ3n) is 2.74. The van der Waals surface area contributed by atoms with Gasteiger partial charge in [0.25, 0.3) is 0 Å². The first-order chi connectivity index (χ1) is 7.79. The lowest BCUT2D eigenvalue weighted by Gasteiger charge is -2.07. The molecule has 84 valence electrons. The van der Waals surface area contributed by atoms with Gasteiger partial charge in [-0.05, 0) is 12.8 Å². The van der Waals surface area contributed by atoms with Crippen LogP contribution in [0.4, 0.5) is 5.82 Å². The van der Waals surface area contributed by atoms with Crippen molar-refractivity contribution >= 4 is 17.6 Å². The summed E-state index contributed by atoms with van der Waals surface area (Å²) in [7, 11) is 0. The first-order valence-corrected chi connectivity index (χ1v) is 6.47. The van der Waals surface area contributed by atoms with Crippen molar-refractivity contribution in [1.29, 1.82) is 5.26 Å². The summed E-state index contributed by atoms with van der Waals surface area (Å²) in [5, 5.41) is 9.45. The summed E-state index contributed by atoms with van der Waals surface area (Å²) in [5.74, 6) is 1.81. The van der Waals surface area contributed by atoms with Crippen LogP contribution in [-0.2, 0) is 5.75 Å². The second-order valence-corrected chi connectivity index (χ2v) is 5.20. The van der Waals surface area contributed by atoms with Gasteiger partial charge < -0.3 is 5.73 Å². The van der Waals surface area contributed by atoms with E-state index in [9.17, 15) is 0 Å². The number of thioether (sulfide) groups is 1. The molecule has 1 heterocycles. The fourth-order valence-electron chi connectivity index (χ4n) is 1.84. The third kappa shape index (κ3) is 2.64. The van der Waals surface area contributed by atoms with Gasteiger partial charge in [-0.25, -0.2) is 9.97 Å². The monoisotopic (exact) mass is 234 g/mol. The molecule has 1 aromatic rings. The number of anilines is 1. The van der Waals surface area contributed by atoms with Crippen LogP contribution < -0.4 is 5.73 Å². The molecular weight excluding hydrogens is 220 g/mol. The van der Waals surface area contributed by atoms with Gasteiger partial charge in [-0.15, -0.1) is 0 Å². The Balaban J connectivity index is 1.94. The van der Waals surface area contributed by atoms with Crippen LogP contribution in [0.1, 0.15) is 37.1 Å². The zero-order chi connectivity index (χ0) is 11.4. The maximum atomic E-state index is 8.70. The summed E-state index contributed by atoms with van der Waals surface area (Å²) in [6.45, 7) is 0. The molecule has 1 aliphatic rings. The highest BCUT2D eigenvalue weighted by atomic mass is 32.2. The minimum Gasteiger partial charge on any atom is -0.382 e. The van der Waals surface area contributed by atoms with Crippen molar-refractivity contribution in [2.45, 2.75) is 36.7 Å². The molecule has 0 atom stereocenters. The first-order valence-electron chi connectivity index (χ1n) is 5.42. The topological polar surface area (TPSA) is 75.6 Å². The van der Waals surface area contributed by atoms with Crippen LogP contribution in [0.15, 0.2) is 6.20 Å². The van der Waals surface area contributed by atoms with E-state index in [0.717, 1.165) is 16.8 Å². The van der Waals surface area contributed by atoms with Gasteiger partial charge in [-0.1, -0.05) is 12.8 Å². The minimum absolute atomic E-state index is 0.291. The van der Waals surface area contributed by atoms with Crippen molar-refractivity contribution in [3.63, 3.8) is 0 Å². The van der Waals surface area contributed by atoms with Crippen molar-refractivity contribution in [3.05, 3.63) is 17.6 Å². The van der Waals surface area contributed by atoms with E-state index in [-0.39, 0.29) is 0 Å². The van der Waals surface area contributed by atoms with E-state index >= 15 is 0 Å². The van der Waals surface area contributed by atoms with E-state index in [1.807, 2.05) is 17.8 Å². The highest BCUT2D eigenvalue weighted by Gasteiger charge is 2.15. The van der Waals surface area contributed by atoms with E-state index in [1.165, 1.54) is 31.9 Å². The largest absolute Gasteiger partial charge is 0.382 e. The van der Waals surface area contributed by atoms with E-state index in [2.05, 4.69) is 9.97 Å². The normalized spacial score (nSPS) is 16.2. The molecule has 0 amide bonds. The second kappa shape index (κ2) is 5.17. The maximum absolute atomic E-state index is 8.70. The fourth-order valence-corrected chi connectivity index (χ4v) is 3.03. The van der Waals surface area contributed by atoms with Crippen molar-refractivity contribution in [2.24, 2.45) is 0 Å². The quantitative estimate of drug-likeness (QED) is 0.866. The van der Waals surface area contributed by atoms with Crippen molar-refractivity contribution in [3.8, 4) is 6.07 Å². The van der Waals surface area contributed by atoms with Crippen molar-refractivity contribution in [1.82, 2.24) is 9.97 Å². The van der Waals surface area contributed by atoms with Crippen LogP contribution in [-0.4, -0.2) is 15.2 Å². The predicted octanol–water partition coefficient (Wildman–Crippen LogP) is 2.11. The summed E-state index contributed by atoms with van der Waals surface area (Å²) in [5.41, 5.74) is 5.99. The molecule has 2 N–H and O–H groups in total. The molecule has 0 saturated heterocycles. The molecule has 0 radical (unpaired) electrons.